The Morgan fingerprint density at radius 3 is 1.92 bits per heavy atom. The highest BCUT2D eigenvalue weighted by Gasteiger charge is 2.48. The maximum atomic E-state index is 9.13. The van der Waals surface area contributed by atoms with Gasteiger partial charge >= 0.3 is 0 Å². The Bertz CT molecular complexity index is 472. The zero-order valence-electron chi connectivity index (χ0n) is 17.1. The van der Waals surface area contributed by atoms with E-state index in [2.05, 4.69) is 27.7 Å². The third-order valence-corrected chi connectivity index (χ3v) is 6.22. The minimum Gasteiger partial charge on any atom is -0.508 e. The molecule has 1 N–H and O–H groups in total. The molecule has 0 aromatic heterocycles. The van der Waals surface area contributed by atoms with E-state index in [9.17, 15) is 0 Å². The normalized spacial score (nSPS) is 24.4. The first kappa shape index (κ1) is 20.3. The molecule has 1 nitrogen and oxygen atoms in total. The van der Waals surface area contributed by atoms with Crippen molar-refractivity contribution in [3.05, 3.63) is 29.8 Å². The van der Waals surface area contributed by atoms with Gasteiger partial charge in [0.25, 0.3) is 0 Å². The molecule has 0 spiro atoms. The number of fused-ring (bicyclic) bond motifs is 1. The Hall–Kier alpha value is -0.980. The molecular formula is C24H40O. The standard InChI is InChI=1S/C14H22O.C10H18/c1-2-3-4-5-6-7-8-13-9-11-14(15)12-10-13;1-10(2,3)9-5-7-4-8(7)6-9/h9-12,15H,2-8H2,1H3;7-9H,4-6H2,1-3H3. The van der Waals surface area contributed by atoms with Gasteiger partial charge in [-0.25, -0.2) is 0 Å². The van der Waals surface area contributed by atoms with Gasteiger partial charge in [0, 0.05) is 0 Å². The molecule has 2 unspecified atom stereocenters. The van der Waals surface area contributed by atoms with Gasteiger partial charge < -0.3 is 5.11 Å². The van der Waals surface area contributed by atoms with Gasteiger partial charge in [-0.3, -0.25) is 0 Å². The first-order valence-corrected chi connectivity index (χ1v) is 10.7. The highest BCUT2D eigenvalue weighted by Crippen LogP contribution is 2.58. The first-order valence-electron chi connectivity index (χ1n) is 10.7. The molecule has 0 bridgehead atoms. The fourth-order valence-corrected chi connectivity index (χ4v) is 4.19. The lowest BCUT2D eigenvalue weighted by molar-refractivity contribution is 0.227. The van der Waals surface area contributed by atoms with Crippen molar-refractivity contribution in [3.63, 3.8) is 0 Å². The van der Waals surface area contributed by atoms with Crippen LogP contribution >= 0.6 is 0 Å². The van der Waals surface area contributed by atoms with E-state index in [0.717, 1.165) is 24.2 Å². The van der Waals surface area contributed by atoms with Crippen molar-refractivity contribution in [2.24, 2.45) is 23.2 Å². The van der Waals surface area contributed by atoms with Crippen LogP contribution in [0.25, 0.3) is 0 Å². The molecule has 0 heterocycles. The summed E-state index contributed by atoms with van der Waals surface area (Å²) in [5.74, 6) is 3.71. The van der Waals surface area contributed by atoms with E-state index in [0.29, 0.717) is 11.2 Å². The average molecular weight is 345 g/mol. The van der Waals surface area contributed by atoms with Gasteiger partial charge in [-0.2, -0.15) is 0 Å². The molecule has 1 aromatic rings. The van der Waals surface area contributed by atoms with Crippen molar-refractivity contribution in [2.75, 3.05) is 0 Å². The molecule has 2 fully saturated rings. The smallest absolute Gasteiger partial charge is 0.115 e. The number of aryl methyl sites for hydroxylation is 1. The van der Waals surface area contributed by atoms with Crippen molar-refractivity contribution in [2.45, 2.75) is 91.9 Å². The highest BCUT2D eigenvalue weighted by molar-refractivity contribution is 5.25. The topological polar surface area (TPSA) is 20.2 Å². The minimum absolute atomic E-state index is 0.363. The van der Waals surface area contributed by atoms with Crippen molar-refractivity contribution >= 4 is 0 Å². The summed E-state index contributed by atoms with van der Waals surface area (Å²) in [5, 5.41) is 9.13. The summed E-state index contributed by atoms with van der Waals surface area (Å²) in [4.78, 5) is 0. The summed E-state index contributed by atoms with van der Waals surface area (Å²) in [6.45, 7) is 9.42. The monoisotopic (exact) mass is 344 g/mol. The molecule has 0 amide bonds. The van der Waals surface area contributed by atoms with E-state index in [1.54, 1.807) is 18.6 Å². The van der Waals surface area contributed by atoms with Crippen molar-refractivity contribution in [1.29, 1.82) is 0 Å². The van der Waals surface area contributed by atoms with Crippen LogP contribution in [0.4, 0.5) is 0 Å². The molecule has 2 atom stereocenters. The summed E-state index contributed by atoms with van der Waals surface area (Å²) in [6.07, 6.45) is 13.8. The number of phenolic OH excluding ortho intramolecular Hbond substituents is 1. The van der Waals surface area contributed by atoms with Crippen LogP contribution in [0.15, 0.2) is 24.3 Å². The van der Waals surface area contributed by atoms with Crippen LogP contribution in [0.3, 0.4) is 0 Å². The van der Waals surface area contributed by atoms with Gasteiger partial charge in [-0.05, 0) is 73.0 Å². The Morgan fingerprint density at radius 1 is 0.840 bits per heavy atom. The summed E-state index contributed by atoms with van der Waals surface area (Å²) >= 11 is 0. The maximum Gasteiger partial charge on any atom is 0.115 e. The van der Waals surface area contributed by atoms with E-state index < -0.39 is 0 Å². The minimum atomic E-state index is 0.363. The van der Waals surface area contributed by atoms with E-state index >= 15 is 0 Å². The largest absolute Gasteiger partial charge is 0.508 e. The van der Waals surface area contributed by atoms with E-state index in [-0.39, 0.29) is 0 Å². The van der Waals surface area contributed by atoms with Crippen LogP contribution in [0, 0.1) is 23.2 Å². The zero-order valence-corrected chi connectivity index (χ0v) is 17.1. The highest BCUT2D eigenvalue weighted by atomic mass is 16.3. The number of phenols is 1. The number of aromatic hydroxyl groups is 1. The lowest BCUT2D eigenvalue weighted by atomic mass is 9.78. The van der Waals surface area contributed by atoms with Crippen LogP contribution in [-0.2, 0) is 6.42 Å². The maximum absolute atomic E-state index is 9.13. The molecule has 2 saturated carbocycles. The fraction of sp³-hybridized carbons (Fsp3) is 0.750. The molecule has 142 valence electrons. The van der Waals surface area contributed by atoms with Gasteiger partial charge in [0.2, 0.25) is 0 Å². The molecule has 2 aliphatic rings. The molecule has 2 aliphatic carbocycles. The summed E-state index contributed by atoms with van der Waals surface area (Å²) in [7, 11) is 0. The first-order chi connectivity index (χ1) is 11.9. The van der Waals surface area contributed by atoms with Gasteiger partial charge in [0.1, 0.15) is 5.75 Å². The second-order valence-electron chi connectivity index (χ2n) is 9.47. The quantitative estimate of drug-likeness (QED) is 0.512. The van der Waals surface area contributed by atoms with Crippen LogP contribution in [0.2, 0.25) is 0 Å². The lowest BCUT2D eigenvalue weighted by Crippen LogP contribution is -2.18. The Morgan fingerprint density at radius 2 is 1.40 bits per heavy atom. The second-order valence-corrected chi connectivity index (χ2v) is 9.47. The second kappa shape index (κ2) is 9.64. The number of unbranched alkanes of at least 4 members (excludes halogenated alkanes) is 5. The fourth-order valence-electron chi connectivity index (χ4n) is 4.19. The predicted octanol–water partition coefficient (Wildman–Crippen LogP) is 7.37. The molecule has 0 radical (unpaired) electrons. The molecule has 0 saturated heterocycles. The predicted molar refractivity (Wildman–Crippen MR) is 109 cm³/mol. The molecule has 1 aromatic carbocycles. The third kappa shape index (κ3) is 7.42. The van der Waals surface area contributed by atoms with Gasteiger partial charge in [-0.15, -0.1) is 0 Å². The van der Waals surface area contributed by atoms with E-state index in [1.807, 2.05) is 12.1 Å². The van der Waals surface area contributed by atoms with Gasteiger partial charge in [-0.1, -0.05) is 71.9 Å². The number of rotatable bonds is 7. The molecule has 1 heteroatoms. The Labute approximate surface area is 156 Å². The van der Waals surface area contributed by atoms with E-state index in [4.69, 9.17) is 5.11 Å². The number of hydrogen-bond acceptors (Lipinski definition) is 1. The molecule has 3 rings (SSSR count). The zero-order chi connectivity index (χ0) is 18.3. The summed E-state index contributed by atoms with van der Waals surface area (Å²) in [5.41, 5.74) is 1.93. The lowest BCUT2D eigenvalue weighted by Gasteiger charge is -2.27. The van der Waals surface area contributed by atoms with Crippen molar-refractivity contribution in [1.82, 2.24) is 0 Å². The van der Waals surface area contributed by atoms with Crippen LogP contribution in [0.1, 0.15) is 91.0 Å². The number of hydrogen-bond donors (Lipinski definition) is 1. The molecular weight excluding hydrogens is 304 g/mol. The number of benzene rings is 1. The molecule has 0 aliphatic heterocycles. The van der Waals surface area contributed by atoms with Crippen LogP contribution in [0.5, 0.6) is 5.75 Å². The molecule has 25 heavy (non-hydrogen) atoms. The average Bonchev–Trinajstić information content (AvgIpc) is 3.18. The Kier molecular flexibility index (Phi) is 7.84. The van der Waals surface area contributed by atoms with E-state index in [1.165, 1.54) is 56.9 Å². The van der Waals surface area contributed by atoms with Gasteiger partial charge in [0.05, 0.1) is 0 Å². The SMILES string of the molecule is CC(C)(C)C1CC2CC2C1.CCCCCCCCc1ccc(O)cc1. The van der Waals surface area contributed by atoms with Crippen LogP contribution in [-0.4, -0.2) is 5.11 Å². The Balaban J connectivity index is 0.000000194. The van der Waals surface area contributed by atoms with Crippen LogP contribution < -0.4 is 0 Å². The summed E-state index contributed by atoms with van der Waals surface area (Å²) < 4.78 is 0. The van der Waals surface area contributed by atoms with Crippen molar-refractivity contribution in [3.8, 4) is 5.75 Å². The van der Waals surface area contributed by atoms with Crippen molar-refractivity contribution < 1.29 is 5.11 Å². The summed E-state index contributed by atoms with van der Waals surface area (Å²) in [6, 6.07) is 7.57. The third-order valence-electron chi connectivity index (χ3n) is 6.22. The van der Waals surface area contributed by atoms with Gasteiger partial charge in [0.15, 0.2) is 0 Å².